The van der Waals surface area contributed by atoms with E-state index in [9.17, 15) is 10.1 Å². The van der Waals surface area contributed by atoms with Crippen molar-refractivity contribution in [2.75, 3.05) is 11.4 Å². The topological polar surface area (TPSA) is 72.2 Å². The smallest absolute Gasteiger partial charge is 0.348 e. The summed E-state index contributed by atoms with van der Waals surface area (Å²) in [7, 11) is 0. The van der Waals surface area contributed by atoms with Crippen molar-refractivity contribution in [3.05, 3.63) is 21.6 Å². The summed E-state index contributed by atoms with van der Waals surface area (Å²) < 4.78 is 0. The van der Waals surface area contributed by atoms with Crippen LogP contribution in [0.25, 0.3) is 0 Å². The number of halogens is 1. The molecular weight excluding hydrogens is 244 g/mol. The van der Waals surface area contributed by atoms with Gasteiger partial charge in [0.25, 0.3) is 0 Å². The largest absolute Gasteiger partial charge is 0.348 e. The van der Waals surface area contributed by atoms with Crippen LogP contribution in [0, 0.1) is 10.1 Å². The fraction of sp³-hybridized carbons (Fsp3) is 0.600. The van der Waals surface area contributed by atoms with Gasteiger partial charge in [-0.3, -0.25) is 10.1 Å². The van der Waals surface area contributed by atoms with E-state index in [-0.39, 0.29) is 16.9 Å². The van der Waals surface area contributed by atoms with Crippen LogP contribution in [0.4, 0.5) is 11.5 Å². The Balaban J connectivity index is 2.43. The third-order valence-electron chi connectivity index (χ3n) is 3.02. The number of anilines is 1. The standard InChI is InChI=1S/C10H13ClN4O2/c1-7-4-2-3-5-14(7)10-8(15(16)17)9(11)12-6-13-10/h6-7H,2-5H2,1H3/t7-/m0/s1. The lowest BCUT2D eigenvalue weighted by molar-refractivity contribution is -0.384. The maximum absolute atomic E-state index is 11.0. The van der Waals surface area contributed by atoms with Gasteiger partial charge in [-0.1, -0.05) is 11.6 Å². The molecule has 7 heteroatoms. The number of nitro groups is 1. The van der Waals surface area contributed by atoms with Crippen LogP contribution in [0.3, 0.4) is 0 Å². The number of nitrogens with zero attached hydrogens (tertiary/aromatic N) is 4. The van der Waals surface area contributed by atoms with Gasteiger partial charge in [0.1, 0.15) is 6.33 Å². The molecule has 0 N–H and O–H groups in total. The lowest BCUT2D eigenvalue weighted by Gasteiger charge is -2.33. The normalized spacial score (nSPS) is 20.4. The van der Waals surface area contributed by atoms with Crippen molar-refractivity contribution in [1.29, 1.82) is 0 Å². The van der Waals surface area contributed by atoms with Gasteiger partial charge in [0.15, 0.2) is 0 Å². The molecule has 0 aliphatic carbocycles. The molecule has 1 aliphatic rings. The molecule has 0 radical (unpaired) electrons. The Bertz CT molecular complexity index is 440. The zero-order valence-electron chi connectivity index (χ0n) is 9.47. The third kappa shape index (κ3) is 2.31. The van der Waals surface area contributed by atoms with E-state index in [1.54, 1.807) is 0 Å². The quantitative estimate of drug-likeness (QED) is 0.462. The van der Waals surface area contributed by atoms with Crippen LogP contribution in [0.15, 0.2) is 6.33 Å². The molecule has 0 amide bonds. The van der Waals surface area contributed by atoms with Crippen LogP contribution >= 0.6 is 11.6 Å². The fourth-order valence-corrected chi connectivity index (χ4v) is 2.33. The number of hydrogen-bond acceptors (Lipinski definition) is 5. The van der Waals surface area contributed by atoms with Crippen molar-refractivity contribution < 1.29 is 4.92 Å². The molecule has 0 bridgehead atoms. The van der Waals surface area contributed by atoms with E-state index in [1.807, 2.05) is 11.8 Å². The molecule has 1 saturated heterocycles. The van der Waals surface area contributed by atoms with Crippen LogP contribution in [0.1, 0.15) is 26.2 Å². The molecule has 0 aromatic carbocycles. The second-order valence-corrected chi connectivity index (χ2v) is 4.49. The summed E-state index contributed by atoms with van der Waals surface area (Å²) in [5, 5.41) is 10.9. The molecule has 1 fully saturated rings. The minimum atomic E-state index is -0.515. The summed E-state index contributed by atoms with van der Waals surface area (Å²) >= 11 is 5.77. The fourth-order valence-electron chi connectivity index (χ4n) is 2.13. The maximum atomic E-state index is 11.0. The van der Waals surface area contributed by atoms with E-state index in [4.69, 9.17) is 11.6 Å². The van der Waals surface area contributed by atoms with Crippen LogP contribution in [-0.2, 0) is 0 Å². The summed E-state index contributed by atoms with van der Waals surface area (Å²) in [6, 6.07) is 0.244. The van der Waals surface area contributed by atoms with Crippen LogP contribution in [0.5, 0.6) is 0 Å². The van der Waals surface area contributed by atoms with E-state index in [0.29, 0.717) is 5.82 Å². The van der Waals surface area contributed by atoms with Crippen LogP contribution < -0.4 is 4.90 Å². The Kier molecular flexibility index (Phi) is 3.42. The highest BCUT2D eigenvalue weighted by atomic mass is 35.5. The zero-order valence-corrected chi connectivity index (χ0v) is 10.2. The van der Waals surface area contributed by atoms with Gasteiger partial charge in [-0.2, -0.15) is 0 Å². The zero-order chi connectivity index (χ0) is 12.4. The van der Waals surface area contributed by atoms with Crippen molar-refractivity contribution in [3.8, 4) is 0 Å². The van der Waals surface area contributed by atoms with Gasteiger partial charge in [0.2, 0.25) is 11.0 Å². The molecular formula is C10H13ClN4O2. The highest BCUT2D eigenvalue weighted by molar-refractivity contribution is 6.31. The molecule has 2 heterocycles. The molecule has 0 spiro atoms. The summed E-state index contributed by atoms with van der Waals surface area (Å²) in [5.74, 6) is 0.335. The van der Waals surface area contributed by atoms with Gasteiger partial charge in [-0.05, 0) is 26.2 Å². The molecule has 17 heavy (non-hydrogen) atoms. The predicted octanol–water partition coefficient (Wildman–Crippen LogP) is 2.42. The Morgan fingerprint density at radius 1 is 1.53 bits per heavy atom. The minimum Gasteiger partial charge on any atom is -0.348 e. The summed E-state index contributed by atoms with van der Waals surface area (Å²) in [5.41, 5.74) is -0.192. The predicted molar refractivity (Wildman–Crippen MR) is 64.4 cm³/mol. The highest BCUT2D eigenvalue weighted by Crippen LogP contribution is 2.34. The number of aromatic nitrogens is 2. The van der Waals surface area contributed by atoms with Gasteiger partial charge in [-0.15, -0.1) is 0 Å². The molecule has 1 aliphatic heterocycles. The average molecular weight is 257 g/mol. The lowest BCUT2D eigenvalue weighted by Crippen LogP contribution is -2.38. The molecule has 0 saturated carbocycles. The summed E-state index contributed by atoms with van der Waals surface area (Å²) in [4.78, 5) is 20.1. The Morgan fingerprint density at radius 3 is 2.94 bits per heavy atom. The minimum absolute atomic E-state index is 0.0993. The molecule has 1 aromatic rings. The van der Waals surface area contributed by atoms with Crippen molar-refractivity contribution in [2.24, 2.45) is 0 Å². The van der Waals surface area contributed by atoms with Crippen molar-refractivity contribution in [3.63, 3.8) is 0 Å². The summed E-state index contributed by atoms with van der Waals surface area (Å²) in [6.07, 6.45) is 4.44. The second kappa shape index (κ2) is 4.83. The van der Waals surface area contributed by atoms with E-state index in [0.717, 1.165) is 25.8 Å². The summed E-state index contributed by atoms with van der Waals surface area (Å²) in [6.45, 7) is 2.81. The van der Waals surface area contributed by atoms with Gasteiger partial charge in [0.05, 0.1) is 4.92 Å². The molecule has 6 nitrogen and oxygen atoms in total. The van der Waals surface area contributed by atoms with Crippen LogP contribution in [0.2, 0.25) is 5.15 Å². The molecule has 92 valence electrons. The van der Waals surface area contributed by atoms with E-state index in [1.165, 1.54) is 6.33 Å². The SMILES string of the molecule is C[C@H]1CCCCN1c1ncnc(Cl)c1[N+](=O)[O-]. The van der Waals surface area contributed by atoms with Crippen molar-refractivity contribution in [2.45, 2.75) is 32.2 Å². The maximum Gasteiger partial charge on any atom is 0.348 e. The van der Waals surface area contributed by atoms with Gasteiger partial charge >= 0.3 is 5.69 Å². The first-order valence-corrected chi connectivity index (χ1v) is 5.90. The number of piperidine rings is 1. The highest BCUT2D eigenvalue weighted by Gasteiger charge is 2.29. The van der Waals surface area contributed by atoms with E-state index in [2.05, 4.69) is 9.97 Å². The molecule has 1 atom stereocenters. The average Bonchev–Trinajstić information content (AvgIpc) is 2.28. The van der Waals surface area contributed by atoms with Crippen LogP contribution in [-0.4, -0.2) is 27.5 Å². The Morgan fingerprint density at radius 2 is 2.29 bits per heavy atom. The first kappa shape index (κ1) is 12.0. The van der Waals surface area contributed by atoms with Gasteiger partial charge < -0.3 is 4.90 Å². The first-order chi connectivity index (χ1) is 8.11. The molecule has 1 aromatic heterocycles. The van der Waals surface area contributed by atoms with E-state index < -0.39 is 4.92 Å². The molecule has 0 unspecified atom stereocenters. The van der Waals surface area contributed by atoms with Gasteiger partial charge in [0, 0.05) is 12.6 Å². The van der Waals surface area contributed by atoms with Crippen molar-refractivity contribution in [1.82, 2.24) is 9.97 Å². The van der Waals surface area contributed by atoms with Gasteiger partial charge in [-0.25, -0.2) is 9.97 Å². The molecule has 2 rings (SSSR count). The first-order valence-electron chi connectivity index (χ1n) is 5.52. The van der Waals surface area contributed by atoms with E-state index >= 15 is 0 Å². The van der Waals surface area contributed by atoms with Crippen molar-refractivity contribution >= 4 is 23.1 Å². The Hall–Kier alpha value is -1.43. The second-order valence-electron chi connectivity index (χ2n) is 4.13. The monoisotopic (exact) mass is 256 g/mol. The Labute approximate surface area is 104 Å². The number of rotatable bonds is 2. The third-order valence-corrected chi connectivity index (χ3v) is 3.29. The lowest BCUT2D eigenvalue weighted by atomic mass is 10.0. The number of hydrogen-bond donors (Lipinski definition) is 0.